The molecule has 1 rings (SSSR count). The zero-order valence-corrected chi connectivity index (χ0v) is 11.5. The third-order valence-corrected chi connectivity index (χ3v) is 3.02. The molecule has 17 heavy (non-hydrogen) atoms. The molecule has 5 heteroatoms. The van der Waals surface area contributed by atoms with Gasteiger partial charge in [0.2, 0.25) is 0 Å². The topological polar surface area (TPSA) is 72.6 Å². The number of phenolic OH excluding ortho intramolecular Hbond substituents is 1. The molecule has 0 fully saturated rings. The lowest BCUT2D eigenvalue weighted by Crippen LogP contribution is -2.33. The first-order chi connectivity index (χ1) is 7.99. The molecule has 0 spiro atoms. The van der Waals surface area contributed by atoms with Crippen LogP contribution >= 0.6 is 15.9 Å². The van der Waals surface area contributed by atoms with Crippen molar-refractivity contribution in [3.63, 3.8) is 0 Å². The smallest absolute Gasteiger partial charge is 0.322 e. The van der Waals surface area contributed by atoms with Crippen molar-refractivity contribution in [1.82, 2.24) is 0 Å². The number of halogens is 1. The largest absolute Gasteiger partial charge is 0.507 e. The first-order valence-corrected chi connectivity index (χ1v) is 6.12. The fourth-order valence-electron chi connectivity index (χ4n) is 1.61. The Morgan fingerprint density at radius 2 is 2.12 bits per heavy atom. The number of methoxy groups -OCH3 is 1. The zero-order chi connectivity index (χ0) is 13.0. The van der Waals surface area contributed by atoms with E-state index in [4.69, 9.17) is 5.73 Å². The van der Waals surface area contributed by atoms with E-state index >= 15 is 0 Å². The van der Waals surface area contributed by atoms with E-state index in [1.54, 1.807) is 6.07 Å². The number of benzene rings is 1. The summed E-state index contributed by atoms with van der Waals surface area (Å²) in [7, 11) is 1.29. The molecular weight excluding hydrogens is 286 g/mol. The van der Waals surface area contributed by atoms with E-state index < -0.39 is 12.0 Å². The number of phenols is 1. The fraction of sp³-hybridized carbons (Fsp3) is 0.417. The van der Waals surface area contributed by atoms with Gasteiger partial charge in [0.05, 0.1) is 7.11 Å². The fourth-order valence-corrected chi connectivity index (χ4v) is 2.17. The highest BCUT2D eigenvalue weighted by atomic mass is 79.9. The lowest BCUT2D eigenvalue weighted by molar-refractivity contribution is -0.142. The Morgan fingerprint density at radius 3 is 2.65 bits per heavy atom. The van der Waals surface area contributed by atoms with Crippen molar-refractivity contribution in [1.29, 1.82) is 0 Å². The molecule has 1 atom stereocenters. The number of nitrogens with two attached hydrogens (primary N) is 1. The van der Waals surface area contributed by atoms with Crippen LogP contribution in [0.25, 0.3) is 0 Å². The van der Waals surface area contributed by atoms with Gasteiger partial charge in [-0.3, -0.25) is 4.79 Å². The summed E-state index contributed by atoms with van der Waals surface area (Å²) in [6, 6.07) is 2.85. The van der Waals surface area contributed by atoms with Crippen LogP contribution in [0.4, 0.5) is 0 Å². The summed E-state index contributed by atoms with van der Waals surface area (Å²) in [6.07, 6.45) is 0.969. The first-order valence-electron chi connectivity index (χ1n) is 5.33. The van der Waals surface area contributed by atoms with Crippen LogP contribution in [-0.4, -0.2) is 24.2 Å². The van der Waals surface area contributed by atoms with Gasteiger partial charge in [0.25, 0.3) is 0 Å². The molecule has 1 aromatic carbocycles. The van der Waals surface area contributed by atoms with Gasteiger partial charge in [-0.2, -0.15) is 0 Å². The number of aryl methyl sites for hydroxylation is 1. The molecule has 0 amide bonds. The highest BCUT2D eigenvalue weighted by Crippen LogP contribution is 2.28. The monoisotopic (exact) mass is 301 g/mol. The predicted octanol–water partition coefficient (Wildman–Crippen LogP) is 1.76. The number of hydrogen-bond acceptors (Lipinski definition) is 4. The summed E-state index contributed by atoms with van der Waals surface area (Å²) in [5.74, 6) is -0.280. The Balaban J connectivity index is 2.98. The molecule has 0 aromatic heterocycles. The van der Waals surface area contributed by atoms with Crippen LogP contribution < -0.4 is 5.73 Å². The van der Waals surface area contributed by atoms with E-state index in [9.17, 15) is 9.90 Å². The maximum Gasteiger partial charge on any atom is 0.322 e. The number of hydrogen-bond donors (Lipinski definition) is 2. The van der Waals surface area contributed by atoms with Gasteiger partial charge in [0.1, 0.15) is 11.8 Å². The van der Waals surface area contributed by atoms with Crippen molar-refractivity contribution in [3.8, 4) is 5.75 Å². The van der Waals surface area contributed by atoms with Crippen molar-refractivity contribution in [3.05, 3.63) is 27.7 Å². The van der Waals surface area contributed by atoms with Gasteiger partial charge in [0.15, 0.2) is 0 Å². The summed E-state index contributed by atoms with van der Waals surface area (Å²) in [5, 5.41) is 9.99. The Morgan fingerprint density at radius 1 is 1.53 bits per heavy atom. The molecule has 0 saturated carbocycles. The molecule has 1 aromatic rings. The quantitative estimate of drug-likeness (QED) is 0.831. The second-order valence-corrected chi connectivity index (χ2v) is 4.68. The van der Waals surface area contributed by atoms with Crippen LogP contribution in [0.2, 0.25) is 0 Å². The molecule has 0 saturated heterocycles. The third-order valence-electron chi connectivity index (χ3n) is 2.56. The van der Waals surface area contributed by atoms with Gasteiger partial charge in [-0.05, 0) is 29.7 Å². The number of carbonyl (C=O) groups is 1. The minimum Gasteiger partial charge on any atom is -0.507 e. The average Bonchev–Trinajstić information content (AvgIpc) is 2.31. The molecule has 0 radical (unpaired) electrons. The summed E-state index contributed by atoms with van der Waals surface area (Å²) in [6.45, 7) is 1.95. The van der Waals surface area contributed by atoms with Crippen LogP contribution in [0.5, 0.6) is 5.75 Å². The molecular formula is C12H16BrNO3. The molecule has 0 aliphatic heterocycles. The van der Waals surface area contributed by atoms with Crippen molar-refractivity contribution >= 4 is 21.9 Å². The van der Waals surface area contributed by atoms with Crippen LogP contribution in [-0.2, 0) is 22.4 Å². The van der Waals surface area contributed by atoms with Gasteiger partial charge in [-0.1, -0.05) is 22.9 Å². The Hall–Kier alpha value is -1.07. The van der Waals surface area contributed by atoms with Gasteiger partial charge >= 0.3 is 5.97 Å². The molecule has 4 nitrogen and oxygen atoms in total. The van der Waals surface area contributed by atoms with Crippen molar-refractivity contribution in [2.24, 2.45) is 5.73 Å². The first kappa shape index (κ1) is 14.0. The molecule has 0 bridgehead atoms. The van der Waals surface area contributed by atoms with Gasteiger partial charge < -0.3 is 15.6 Å². The molecule has 0 aliphatic carbocycles. The molecule has 94 valence electrons. The van der Waals surface area contributed by atoms with Crippen molar-refractivity contribution < 1.29 is 14.6 Å². The van der Waals surface area contributed by atoms with E-state index in [0.29, 0.717) is 12.0 Å². The number of rotatable bonds is 4. The Kier molecular flexibility index (Phi) is 4.96. The summed E-state index contributed by atoms with van der Waals surface area (Å²) in [4.78, 5) is 11.2. The summed E-state index contributed by atoms with van der Waals surface area (Å²) in [5.41, 5.74) is 7.14. The van der Waals surface area contributed by atoms with E-state index in [1.807, 2.05) is 13.0 Å². The Bertz CT molecular complexity index is 420. The van der Waals surface area contributed by atoms with E-state index in [0.717, 1.165) is 10.0 Å². The zero-order valence-electron chi connectivity index (χ0n) is 9.87. The van der Waals surface area contributed by atoms with Crippen LogP contribution in [0, 0.1) is 0 Å². The van der Waals surface area contributed by atoms with Crippen LogP contribution in [0.1, 0.15) is 18.1 Å². The predicted molar refractivity (Wildman–Crippen MR) is 68.9 cm³/mol. The molecule has 0 aliphatic rings. The van der Waals surface area contributed by atoms with E-state index in [-0.39, 0.29) is 12.2 Å². The second kappa shape index (κ2) is 6.02. The minimum atomic E-state index is -0.759. The van der Waals surface area contributed by atoms with Crippen molar-refractivity contribution in [2.45, 2.75) is 25.8 Å². The second-order valence-electron chi connectivity index (χ2n) is 3.76. The number of ether oxygens (including phenoxy) is 1. The van der Waals surface area contributed by atoms with Crippen LogP contribution in [0.15, 0.2) is 16.6 Å². The number of carbonyl (C=O) groups excluding carboxylic acids is 1. The number of aromatic hydroxyl groups is 1. The molecule has 3 N–H and O–H groups in total. The maximum atomic E-state index is 11.2. The van der Waals surface area contributed by atoms with E-state index in [1.165, 1.54) is 7.11 Å². The maximum absolute atomic E-state index is 11.2. The SMILES string of the molecule is CCc1cc(Br)cc(CC(N)C(=O)OC)c1O. The van der Waals surface area contributed by atoms with Gasteiger partial charge in [-0.25, -0.2) is 0 Å². The molecule has 0 heterocycles. The lowest BCUT2D eigenvalue weighted by Gasteiger charge is -2.13. The molecule has 1 unspecified atom stereocenters. The summed E-state index contributed by atoms with van der Waals surface area (Å²) < 4.78 is 5.41. The average molecular weight is 302 g/mol. The lowest BCUT2D eigenvalue weighted by atomic mass is 10.0. The van der Waals surface area contributed by atoms with Crippen molar-refractivity contribution in [2.75, 3.05) is 7.11 Å². The third kappa shape index (κ3) is 3.44. The van der Waals surface area contributed by atoms with Gasteiger partial charge in [-0.15, -0.1) is 0 Å². The normalized spacial score (nSPS) is 12.2. The summed E-state index contributed by atoms with van der Waals surface area (Å²) >= 11 is 3.36. The number of esters is 1. The van der Waals surface area contributed by atoms with Gasteiger partial charge in [0, 0.05) is 10.9 Å². The van der Waals surface area contributed by atoms with E-state index in [2.05, 4.69) is 20.7 Å². The Labute approximate surface area is 109 Å². The standard InChI is InChI=1S/C12H16BrNO3/c1-3-7-4-9(13)5-8(11(7)15)6-10(14)12(16)17-2/h4-5,10,15H,3,6,14H2,1-2H3. The minimum absolute atomic E-state index is 0.204. The van der Waals surface area contributed by atoms with Crippen LogP contribution in [0.3, 0.4) is 0 Å². The highest BCUT2D eigenvalue weighted by molar-refractivity contribution is 9.10. The highest BCUT2D eigenvalue weighted by Gasteiger charge is 2.17.